The Kier molecular flexibility index (Phi) is 3.99. The average Bonchev–Trinajstić information content (AvgIpc) is 2.81. The van der Waals surface area contributed by atoms with E-state index in [0.29, 0.717) is 17.0 Å². The Morgan fingerprint density at radius 1 is 1.50 bits per heavy atom. The van der Waals surface area contributed by atoms with Crippen LogP contribution in [0.25, 0.3) is 11.3 Å². The summed E-state index contributed by atoms with van der Waals surface area (Å²) < 4.78 is 6.51. The second-order valence-corrected chi connectivity index (χ2v) is 4.35. The van der Waals surface area contributed by atoms with Crippen molar-refractivity contribution in [2.24, 2.45) is 0 Å². The van der Waals surface area contributed by atoms with Gasteiger partial charge < -0.3 is 14.9 Å². The van der Waals surface area contributed by atoms with E-state index in [4.69, 9.17) is 4.74 Å². The molecule has 0 aliphatic carbocycles. The fourth-order valence-corrected chi connectivity index (χ4v) is 1.89. The van der Waals surface area contributed by atoms with Crippen molar-refractivity contribution in [1.82, 2.24) is 15.0 Å². The number of carbonyl (C=O) groups is 1. The average molecular weight is 277 g/mol. The molecule has 0 fully saturated rings. The lowest BCUT2D eigenvalue weighted by Crippen LogP contribution is -2.14. The fraction of sp³-hybridized carbons (Fsp3) is 0.308. The smallest absolute Gasteiger partial charge is 0.358 e. The van der Waals surface area contributed by atoms with Crippen LogP contribution in [0.5, 0.6) is 5.75 Å². The van der Waals surface area contributed by atoms with Crippen LogP contribution >= 0.6 is 0 Å². The van der Waals surface area contributed by atoms with Crippen molar-refractivity contribution in [1.29, 1.82) is 0 Å². The summed E-state index contributed by atoms with van der Waals surface area (Å²) in [7, 11) is 1.53. The number of carboxylic acid groups (broad SMARTS) is 1. The maximum absolute atomic E-state index is 11.2. The predicted molar refractivity (Wildman–Crippen MR) is 70.7 cm³/mol. The van der Waals surface area contributed by atoms with Gasteiger partial charge in [-0.25, -0.2) is 9.48 Å². The predicted octanol–water partition coefficient (Wildman–Crippen LogP) is 1.03. The van der Waals surface area contributed by atoms with E-state index in [1.165, 1.54) is 11.8 Å². The summed E-state index contributed by atoms with van der Waals surface area (Å²) >= 11 is 0. The summed E-state index contributed by atoms with van der Waals surface area (Å²) in [6.45, 7) is 1.75. The van der Waals surface area contributed by atoms with Gasteiger partial charge in [0, 0.05) is 5.56 Å². The molecule has 0 bridgehead atoms. The molecule has 0 spiro atoms. The van der Waals surface area contributed by atoms with Gasteiger partial charge in [0.15, 0.2) is 5.69 Å². The summed E-state index contributed by atoms with van der Waals surface area (Å²) in [5, 5.41) is 26.1. The van der Waals surface area contributed by atoms with E-state index >= 15 is 0 Å². The second-order valence-electron chi connectivity index (χ2n) is 4.35. The highest BCUT2D eigenvalue weighted by Crippen LogP contribution is 2.26. The minimum atomic E-state index is -1.17. The monoisotopic (exact) mass is 277 g/mol. The van der Waals surface area contributed by atoms with Crippen LogP contribution in [0.4, 0.5) is 0 Å². The number of aromatic nitrogens is 3. The summed E-state index contributed by atoms with van der Waals surface area (Å²) in [5.74, 6) is -0.566. The van der Waals surface area contributed by atoms with Gasteiger partial charge >= 0.3 is 5.97 Å². The third kappa shape index (κ3) is 2.77. The van der Waals surface area contributed by atoms with E-state index in [2.05, 4.69) is 10.3 Å². The first-order chi connectivity index (χ1) is 9.52. The van der Waals surface area contributed by atoms with Crippen LogP contribution < -0.4 is 4.74 Å². The van der Waals surface area contributed by atoms with Gasteiger partial charge in [-0.3, -0.25) is 0 Å². The maximum atomic E-state index is 11.2. The van der Waals surface area contributed by atoms with Crippen molar-refractivity contribution in [3.05, 3.63) is 30.0 Å². The van der Waals surface area contributed by atoms with Gasteiger partial charge in [0.25, 0.3) is 0 Å². The number of benzene rings is 1. The molecule has 106 valence electrons. The number of ether oxygens (including phenoxy) is 1. The highest BCUT2D eigenvalue weighted by Gasteiger charge is 2.21. The molecule has 7 nitrogen and oxygen atoms in total. The zero-order chi connectivity index (χ0) is 14.7. The summed E-state index contributed by atoms with van der Waals surface area (Å²) in [5.41, 5.74) is 0.809. The highest BCUT2D eigenvalue weighted by molar-refractivity contribution is 5.92. The Morgan fingerprint density at radius 2 is 2.25 bits per heavy atom. The van der Waals surface area contributed by atoms with Crippen LogP contribution in [-0.2, 0) is 6.54 Å². The van der Waals surface area contributed by atoms with Crippen LogP contribution in [0, 0.1) is 0 Å². The van der Waals surface area contributed by atoms with E-state index in [-0.39, 0.29) is 12.2 Å². The Bertz CT molecular complexity index is 622. The van der Waals surface area contributed by atoms with Crippen LogP contribution in [-0.4, -0.2) is 44.4 Å². The molecule has 0 aliphatic heterocycles. The number of rotatable bonds is 5. The van der Waals surface area contributed by atoms with Crippen molar-refractivity contribution < 1.29 is 19.7 Å². The molecule has 1 atom stereocenters. The number of hydrogen-bond acceptors (Lipinski definition) is 5. The molecule has 1 aromatic heterocycles. The number of nitrogens with zero attached hydrogens (tertiary/aromatic N) is 3. The molecule has 1 aromatic carbocycles. The molecule has 0 saturated heterocycles. The summed E-state index contributed by atoms with van der Waals surface area (Å²) in [4.78, 5) is 11.2. The molecule has 0 amide bonds. The SMILES string of the molecule is COc1cccc(-c2c(C(=O)O)nnn2CC(C)O)c1. The third-order valence-electron chi connectivity index (χ3n) is 2.72. The number of methoxy groups -OCH3 is 1. The first-order valence-corrected chi connectivity index (χ1v) is 6.02. The van der Waals surface area contributed by atoms with E-state index in [9.17, 15) is 15.0 Å². The number of aliphatic hydroxyl groups excluding tert-OH is 1. The normalized spacial score (nSPS) is 12.2. The highest BCUT2D eigenvalue weighted by atomic mass is 16.5. The van der Waals surface area contributed by atoms with E-state index < -0.39 is 12.1 Å². The lowest BCUT2D eigenvalue weighted by atomic mass is 10.1. The molecule has 7 heteroatoms. The quantitative estimate of drug-likeness (QED) is 0.847. The van der Waals surface area contributed by atoms with Crippen LogP contribution in [0.2, 0.25) is 0 Å². The van der Waals surface area contributed by atoms with Gasteiger partial charge in [0.2, 0.25) is 0 Å². The molecule has 20 heavy (non-hydrogen) atoms. The molecule has 1 heterocycles. The van der Waals surface area contributed by atoms with E-state index in [0.717, 1.165) is 0 Å². The first kappa shape index (κ1) is 14.0. The van der Waals surface area contributed by atoms with Crippen molar-refractivity contribution in [2.45, 2.75) is 19.6 Å². The van der Waals surface area contributed by atoms with Crippen molar-refractivity contribution in [2.75, 3.05) is 7.11 Å². The maximum Gasteiger partial charge on any atom is 0.358 e. The number of hydrogen-bond donors (Lipinski definition) is 2. The summed E-state index contributed by atoms with van der Waals surface area (Å²) in [6.07, 6.45) is -0.664. The Labute approximate surface area is 115 Å². The van der Waals surface area contributed by atoms with Crippen molar-refractivity contribution in [3.8, 4) is 17.0 Å². The molecule has 2 N–H and O–H groups in total. The number of aromatic carboxylic acids is 1. The van der Waals surface area contributed by atoms with Gasteiger partial charge in [-0.1, -0.05) is 17.3 Å². The van der Waals surface area contributed by atoms with E-state index in [1.807, 2.05) is 0 Å². The molecule has 2 rings (SSSR count). The van der Waals surface area contributed by atoms with Crippen LogP contribution in [0.1, 0.15) is 17.4 Å². The molecule has 0 radical (unpaired) electrons. The molecule has 2 aromatic rings. The first-order valence-electron chi connectivity index (χ1n) is 6.02. The zero-order valence-corrected chi connectivity index (χ0v) is 11.1. The van der Waals surface area contributed by atoms with Gasteiger partial charge in [0.05, 0.1) is 19.8 Å². The third-order valence-corrected chi connectivity index (χ3v) is 2.72. The minimum absolute atomic E-state index is 0.154. The van der Waals surface area contributed by atoms with Gasteiger partial charge in [-0.05, 0) is 19.1 Å². The van der Waals surface area contributed by atoms with E-state index in [1.54, 1.807) is 31.2 Å². The lowest BCUT2D eigenvalue weighted by molar-refractivity contribution is 0.0691. The zero-order valence-electron chi connectivity index (χ0n) is 11.1. The summed E-state index contributed by atoms with van der Waals surface area (Å²) in [6, 6.07) is 6.95. The van der Waals surface area contributed by atoms with Crippen LogP contribution in [0.15, 0.2) is 24.3 Å². The second kappa shape index (κ2) is 5.70. The molecule has 0 saturated carbocycles. The number of aliphatic hydroxyl groups is 1. The Morgan fingerprint density at radius 3 is 2.85 bits per heavy atom. The largest absolute Gasteiger partial charge is 0.497 e. The van der Waals surface area contributed by atoms with Gasteiger partial charge in [-0.2, -0.15) is 0 Å². The van der Waals surface area contributed by atoms with Crippen molar-refractivity contribution >= 4 is 5.97 Å². The van der Waals surface area contributed by atoms with Crippen molar-refractivity contribution in [3.63, 3.8) is 0 Å². The topological polar surface area (TPSA) is 97.5 Å². The molecular formula is C13H15N3O4. The molecule has 1 unspecified atom stereocenters. The molecular weight excluding hydrogens is 262 g/mol. The minimum Gasteiger partial charge on any atom is -0.497 e. The Hall–Kier alpha value is -2.41. The van der Waals surface area contributed by atoms with Gasteiger partial charge in [-0.15, -0.1) is 5.10 Å². The fourth-order valence-electron chi connectivity index (χ4n) is 1.89. The Balaban J connectivity index is 2.56. The molecule has 0 aliphatic rings. The standard InChI is InChI=1S/C13H15N3O4/c1-8(17)7-16-12(11(13(18)19)14-15-16)9-4-3-5-10(6-9)20-2/h3-6,8,17H,7H2,1-2H3,(H,18,19). The van der Waals surface area contributed by atoms with Crippen LogP contribution in [0.3, 0.4) is 0 Å². The lowest BCUT2D eigenvalue weighted by Gasteiger charge is -2.10. The van der Waals surface area contributed by atoms with Gasteiger partial charge in [0.1, 0.15) is 11.4 Å². The number of carboxylic acids is 1.